The number of rotatable bonds is 34. The van der Waals surface area contributed by atoms with E-state index in [0.29, 0.717) is 12.8 Å². The van der Waals surface area contributed by atoms with Crippen molar-refractivity contribution >= 4 is 5.91 Å². The number of hydrogen-bond acceptors (Lipinski definition) is 13. The molecule has 2 fully saturated rings. The molecule has 14 nitrogen and oxygen atoms in total. The fourth-order valence-corrected chi connectivity index (χ4v) is 7.54. The molecular weight excluding hydrogens is 762 g/mol. The molecule has 0 aliphatic carbocycles. The molecule has 12 atom stereocenters. The highest BCUT2D eigenvalue weighted by Gasteiger charge is 2.50. The number of nitrogens with one attached hydrogen (secondary N) is 1. The molecule has 2 aliphatic rings. The summed E-state index contributed by atoms with van der Waals surface area (Å²) in [7, 11) is 0. The van der Waals surface area contributed by atoms with Crippen LogP contribution in [0.3, 0.4) is 0 Å². The van der Waals surface area contributed by atoms with Gasteiger partial charge >= 0.3 is 0 Å². The molecule has 0 aromatic heterocycles. The molecule has 0 saturated carbocycles. The Balaban J connectivity index is 1.92. The third-order valence-corrected chi connectivity index (χ3v) is 11.4. The van der Waals surface area contributed by atoms with Gasteiger partial charge in [0, 0.05) is 6.42 Å². The first kappa shape index (κ1) is 53.6. The van der Waals surface area contributed by atoms with Gasteiger partial charge in [-0.1, -0.05) is 147 Å². The molecular formula is C45H83NO13. The highest BCUT2D eigenvalue weighted by Crippen LogP contribution is 2.30. The summed E-state index contributed by atoms with van der Waals surface area (Å²) in [6.07, 6.45) is 16.6. The summed E-state index contributed by atoms with van der Waals surface area (Å²) in [4.78, 5) is 13.1. The van der Waals surface area contributed by atoms with E-state index in [9.17, 15) is 45.6 Å². The molecule has 59 heavy (non-hydrogen) atoms. The molecule has 2 rings (SSSR count). The van der Waals surface area contributed by atoms with Gasteiger partial charge in [0.25, 0.3) is 0 Å². The van der Waals surface area contributed by atoms with E-state index in [0.717, 1.165) is 32.1 Å². The van der Waals surface area contributed by atoms with Crippen LogP contribution in [0.25, 0.3) is 0 Å². The molecule has 1 amide bonds. The zero-order valence-electron chi connectivity index (χ0n) is 36.2. The average molecular weight is 846 g/mol. The predicted molar refractivity (Wildman–Crippen MR) is 226 cm³/mol. The topological polar surface area (TPSA) is 228 Å². The average Bonchev–Trinajstić information content (AvgIpc) is 3.23. The first-order valence-corrected chi connectivity index (χ1v) is 23.1. The fraction of sp³-hybridized carbons (Fsp3) is 0.889. The first-order valence-electron chi connectivity index (χ1n) is 23.1. The second kappa shape index (κ2) is 33.1. The van der Waals surface area contributed by atoms with E-state index in [-0.39, 0.29) is 18.9 Å². The van der Waals surface area contributed by atoms with Crippen LogP contribution >= 0.6 is 0 Å². The van der Waals surface area contributed by atoms with Crippen LogP contribution in [-0.4, -0.2) is 140 Å². The first-order chi connectivity index (χ1) is 28.6. The van der Waals surface area contributed by atoms with E-state index < -0.39 is 86.8 Å². The zero-order valence-corrected chi connectivity index (χ0v) is 36.2. The Morgan fingerprint density at radius 2 is 1.08 bits per heavy atom. The Morgan fingerprint density at radius 1 is 0.593 bits per heavy atom. The molecule has 14 heteroatoms. The highest BCUT2D eigenvalue weighted by molar-refractivity contribution is 5.76. The minimum absolute atomic E-state index is 0.252. The van der Waals surface area contributed by atoms with Gasteiger partial charge in [0.05, 0.1) is 32.0 Å². The van der Waals surface area contributed by atoms with Crippen molar-refractivity contribution in [3.8, 4) is 0 Å². The van der Waals surface area contributed by atoms with Crippen molar-refractivity contribution in [3.05, 3.63) is 24.3 Å². The van der Waals surface area contributed by atoms with Crippen molar-refractivity contribution in [1.29, 1.82) is 0 Å². The van der Waals surface area contributed by atoms with Gasteiger partial charge < -0.3 is 65.1 Å². The molecule has 0 aromatic rings. The van der Waals surface area contributed by atoms with Crippen molar-refractivity contribution < 1.29 is 64.6 Å². The highest BCUT2D eigenvalue weighted by atomic mass is 16.7. The van der Waals surface area contributed by atoms with E-state index in [2.05, 4.69) is 31.3 Å². The molecule has 12 unspecified atom stereocenters. The normalized spacial score (nSPS) is 28.7. The van der Waals surface area contributed by atoms with Crippen LogP contribution in [0.15, 0.2) is 24.3 Å². The number of aliphatic hydroxyl groups is 8. The molecule has 2 saturated heterocycles. The van der Waals surface area contributed by atoms with E-state index in [1.54, 1.807) is 6.08 Å². The lowest BCUT2D eigenvalue weighted by Crippen LogP contribution is -2.65. The summed E-state index contributed by atoms with van der Waals surface area (Å²) in [5.41, 5.74) is 0. The minimum Gasteiger partial charge on any atom is -0.394 e. The van der Waals surface area contributed by atoms with Crippen LogP contribution in [-0.2, 0) is 23.7 Å². The van der Waals surface area contributed by atoms with Crippen LogP contribution in [0, 0.1) is 0 Å². The number of carbonyl (C=O) groups excluding carboxylic acids is 1. The van der Waals surface area contributed by atoms with Crippen LogP contribution in [0.1, 0.15) is 162 Å². The molecule has 9 N–H and O–H groups in total. The summed E-state index contributed by atoms with van der Waals surface area (Å²) in [6, 6.07) is -0.924. The molecule has 0 aromatic carbocycles. The van der Waals surface area contributed by atoms with E-state index in [1.807, 2.05) is 6.08 Å². The zero-order chi connectivity index (χ0) is 43.3. The van der Waals surface area contributed by atoms with Crippen molar-refractivity contribution in [2.75, 3.05) is 19.8 Å². The Labute approximate surface area is 354 Å². The second-order valence-corrected chi connectivity index (χ2v) is 16.5. The van der Waals surface area contributed by atoms with Gasteiger partial charge in [-0.2, -0.15) is 0 Å². The van der Waals surface area contributed by atoms with Crippen LogP contribution in [0.2, 0.25) is 0 Å². The number of aliphatic hydroxyl groups excluding tert-OH is 8. The molecule has 0 spiro atoms. The Morgan fingerprint density at radius 3 is 1.66 bits per heavy atom. The molecule has 0 bridgehead atoms. The second-order valence-electron chi connectivity index (χ2n) is 16.5. The molecule has 2 aliphatic heterocycles. The van der Waals surface area contributed by atoms with Crippen LogP contribution in [0.5, 0.6) is 0 Å². The summed E-state index contributed by atoms with van der Waals surface area (Å²) in [5.74, 6) is -0.252. The monoisotopic (exact) mass is 846 g/mol. The Hall–Kier alpha value is -1.53. The summed E-state index contributed by atoms with van der Waals surface area (Å²) in [6.45, 7) is 2.72. The van der Waals surface area contributed by atoms with Crippen molar-refractivity contribution in [1.82, 2.24) is 5.32 Å². The predicted octanol–water partition coefficient (Wildman–Crippen LogP) is 4.60. The van der Waals surface area contributed by atoms with Gasteiger partial charge in [0.1, 0.15) is 48.8 Å². The van der Waals surface area contributed by atoms with Crippen molar-refractivity contribution in [2.45, 2.75) is 235 Å². The van der Waals surface area contributed by atoms with Crippen LogP contribution in [0.4, 0.5) is 0 Å². The lowest BCUT2D eigenvalue weighted by molar-refractivity contribution is -0.359. The maximum absolute atomic E-state index is 13.1. The maximum Gasteiger partial charge on any atom is 0.220 e. The van der Waals surface area contributed by atoms with Gasteiger partial charge in [0.15, 0.2) is 12.6 Å². The fourth-order valence-electron chi connectivity index (χ4n) is 7.54. The number of ether oxygens (including phenoxy) is 4. The minimum atomic E-state index is -1.79. The van der Waals surface area contributed by atoms with E-state index >= 15 is 0 Å². The van der Waals surface area contributed by atoms with E-state index in [1.165, 1.54) is 96.3 Å². The number of unbranched alkanes of at least 4 members (excludes halogenated alkanes) is 19. The van der Waals surface area contributed by atoms with Crippen molar-refractivity contribution in [3.63, 3.8) is 0 Å². The number of amides is 1. The quantitative estimate of drug-likeness (QED) is 0.0319. The molecule has 346 valence electrons. The third kappa shape index (κ3) is 21.4. The van der Waals surface area contributed by atoms with Gasteiger partial charge in [-0.3, -0.25) is 4.79 Å². The third-order valence-electron chi connectivity index (χ3n) is 11.4. The lowest BCUT2D eigenvalue weighted by Gasteiger charge is -2.46. The molecule has 2 heterocycles. The largest absolute Gasteiger partial charge is 0.394 e. The number of carbonyl (C=O) groups is 1. The Kier molecular flexibility index (Phi) is 30.1. The number of hydrogen-bond donors (Lipinski definition) is 9. The van der Waals surface area contributed by atoms with Crippen LogP contribution < -0.4 is 5.32 Å². The number of allylic oxidation sites excluding steroid dienone is 3. The standard InChI is InChI=1S/C45H83NO13/c1-3-5-7-9-11-13-15-17-18-20-22-24-26-28-34(49)33(46-37(50)29-27-25-23-21-19-16-14-12-10-8-6-4-2)32-56-44-42(55)40(53)43(36(31-48)58-44)59-45-41(54)39(52)38(51)35(30-47)57-45/h18,20,26,28,33-36,38-45,47-49,51-55H,3-17,19,21-25,27,29-32H2,1-2H3,(H,46,50)/b20-18+,28-26+. The van der Waals surface area contributed by atoms with Gasteiger partial charge in [0.2, 0.25) is 5.91 Å². The van der Waals surface area contributed by atoms with Gasteiger partial charge in [-0.05, 0) is 32.1 Å². The summed E-state index contributed by atoms with van der Waals surface area (Å²) in [5, 5.41) is 86.4. The smallest absolute Gasteiger partial charge is 0.220 e. The lowest BCUT2D eigenvalue weighted by atomic mass is 9.97. The summed E-state index contributed by atoms with van der Waals surface area (Å²) < 4.78 is 22.6. The van der Waals surface area contributed by atoms with E-state index in [4.69, 9.17) is 18.9 Å². The summed E-state index contributed by atoms with van der Waals surface area (Å²) >= 11 is 0. The van der Waals surface area contributed by atoms with Gasteiger partial charge in [-0.25, -0.2) is 0 Å². The SMILES string of the molecule is CCCCCCCCC/C=C/CC/C=C/C(O)C(COC1OC(CO)C(OC2OC(CO)C(O)C(O)C2O)C(O)C1O)NC(=O)CCCCCCCCCCCCCC. The molecule has 0 radical (unpaired) electrons. The maximum atomic E-state index is 13.1. The van der Waals surface area contributed by atoms with Crippen molar-refractivity contribution in [2.24, 2.45) is 0 Å². The Bertz CT molecular complexity index is 1090. The van der Waals surface area contributed by atoms with Gasteiger partial charge in [-0.15, -0.1) is 0 Å².